The van der Waals surface area contributed by atoms with Crippen molar-refractivity contribution in [3.63, 3.8) is 0 Å². The number of esters is 1. The molecule has 3 aliphatic rings. The van der Waals surface area contributed by atoms with Gasteiger partial charge in [0.2, 0.25) is 35.4 Å². The summed E-state index contributed by atoms with van der Waals surface area (Å²) >= 11 is 0. The number of nitro groups is 1. The predicted molar refractivity (Wildman–Crippen MR) is 172 cm³/mol. The highest BCUT2D eigenvalue weighted by Gasteiger charge is 2.43. The van der Waals surface area contributed by atoms with Crippen LogP contribution in [0.1, 0.15) is 65.2 Å². The van der Waals surface area contributed by atoms with Crippen LogP contribution in [0.3, 0.4) is 0 Å². The normalized spacial score (nSPS) is 21.4. The van der Waals surface area contributed by atoms with E-state index in [4.69, 9.17) is 0 Å². The fourth-order valence-electron chi connectivity index (χ4n) is 6.49. The Balaban J connectivity index is 1.30. The minimum atomic E-state index is -1.04. The highest BCUT2D eigenvalue weighted by atomic mass is 16.6. The van der Waals surface area contributed by atoms with Crippen LogP contribution in [0.5, 0.6) is 0 Å². The third kappa shape index (κ3) is 8.88. The van der Waals surface area contributed by atoms with E-state index in [0.717, 1.165) is 0 Å². The summed E-state index contributed by atoms with van der Waals surface area (Å²) in [5, 5.41) is 18.9. The number of carbonyl (C=O) groups excluding carboxylic acids is 7. The van der Waals surface area contributed by atoms with E-state index in [1.54, 1.807) is 0 Å². The number of anilines is 1. The molecule has 3 heterocycles. The highest BCUT2D eigenvalue weighted by Crippen LogP contribution is 2.27. The molecule has 0 unspecified atom stereocenters. The molecule has 3 fully saturated rings. The van der Waals surface area contributed by atoms with Crippen LogP contribution in [0.15, 0.2) is 24.3 Å². The average molecular weight is 686 g/mol. The Bertz CT molecular complexity index is 1470. The first-order chi connectivity index (χ1) is 23.3. The number of methoxy groups -OCH3 is 1. The summed E-state index contributed by atoms with van der Waals surface area (Å²) in [5.41, 5.74) is 0.233. The van der Waals surface area contributed by atoms with Crippen molar-refractivity contribution in [2.75, 3.05) is 32.1 Å². The Morgan fingerprint density at radius 1 is 0.796 bits per heavy atom. The van der Waals surface area contributed by atoms with E-state index in [-0.39, 0.29) is 36.9 Å². The quantitative estimate of drug-likeness (QED) is 0.157. The van der Waals surface area contributed by atoms with E-state index in [2.05, 4.69) is 20.7 Å². The second-order valence-corrected chi connectivity index (χ2v) is 12.5. The maximum Gasteiger partial charge on any atom is 0.306 e. The van der Waals surface area contributed by atoms with Crippen LogP contribution in [-0.4, -0.2) is 118 Å². The third-order valence-electron chi connectivity index (χ3n) is 9.13. The number of amides is 6. The van der Waals surface area contributed by atoms with Gasteiger partial charge in [-0.05, 0) is 64.5 Å². The zero-order valence-electron chi connectivity index (χ0n) is 27.8. The number of nitrogens with zero attached hydrogens (tertiary/aromatic N) is 4. The molecule has 17 heteroatoms. The van der Waals surface area contributed by atoms with Crippen LogP contribution in [0, 0.1) is 10.1 Å². The molecule has 3 N–H and O–H groups in total. The molecule has 5 atom stereocenters. The van der Waals surface area contributed by atoms with Crippen molar-refractivity contribution in [3.05, 3.63) is 34.4 Å². The largest absolute Gasteiger partial charge is 0.469 e. The standard InChI is InChI=1S/C32H43N7O10/c1-19(33-29(43)23-7-4-16-36(23)26(40)14-15-27(41)49-3)28(42)34-20(2)31(45)38-18-6-9-25(38)32(46)37-17-5-8-24(37)30(44)35-21-10-12-22(13-11-21)39(47)48/h10-13,19-20,23-25H,4-9,14-18H2,1-3H3,(H,33,43)(H,34,42)(H,35,44)/t19-,20-,23-,24-,25-/m0/s1. The molecule has 0 aromatic heterocycles. The summed E-state index contributed by atoms with van der Waals surface area (Å²) in [6.07, 6.45) is 2.74. The first-order valence-corrected chi connectivity index (χ1v) is 16.5. The molecular weight excluding hydrogens is 642 g/mol. The summed E-state index contributed by atoms with van der Waals surface area (Å²) in [6.45, 7) is 3.91. The van der Waals surface area contributed by atoms with Crippen molar-refractivity contribution in [3.8, 4) is 0 Å². The fourth-order valence-corrected chi connectivity index (χ4v) is 6.49. The molecule has 6 amide bonds. The van der Waals surface area contributed by atoms with Crippen LogP contribution in [0.25, 0.3) is 0 Å². The number of hydrogen-bond acceptors (Lipinski definition) is 10. The Labute approximate surface area is 283 Å². The molecule has 4 rings (SSSR count). The van der Waals surface area contributed by atoms with Crippen LogP contribution in [-0.2, 0) is 38.3 Å². The lowest BCUT2D eigenvalue weighted by Crippen LogP contribution is -2.57. The van der Waals surface area contributed by atoms with E-state index in [1.807, 2.05) is 0 Å². The van der Waals surface area contributed by atoms with E-state index >= 15 is 0 Å². The monoisotopic (exact) mass is 685 g/mol. The van der Waals surface area contributed by atoms with Gasteiger partial charge < -0.3 is 35.4 Å². The third-order valence-corrected chi connectivity index (χ3v) is 9.13. The van der Waals surface area contributed by atoms with Gasteiger partial charge in [-0.3, -0.25) is 43.7 Å². The second-order valence-electron chi connectivity index (χ2n) is 12.5. The maximum atomic E-state index is 13.7. The van der Waals surface area contributed by atoms with Gasteiger partial charge in [-0.2, -0.15) is 0 Å². The molecule has 0 spiro atoms. The van der Waals surface area contributed by atoms with Gasteiger partial charge in [-0.1, -0.05) is 0 Å². The van der Waals surface area contributed by atoms with Gasteiger partial charge in [-0.15, -0.1) is 0 Å². The lowest BCUT2D eigenvalue weighted by molar-refractivity contribution is -0.384. The van der Waals surface area contributed by atoms with Crippen LogP contribution >= 0.6 is 0 Å². The Morgan fingerprint density at radius 2 is 1.37 bits per heavy atom. The predicted octanol–water partition coefficient (Wildman–Crippen LogP) is 0.469. The number of nitro benzene ring substituents is 1. The number of hydrogen-bond donors (Lipinski definition) is 3. The van der Waals surface area contributed by atoms with Gasteiger partial charge in [-0.25, -0.2) is 0 Å². The zero-order chi connectivity index (χ0) is 35.8. The lowest BCUT2D eigenvalue weighted by atomic mass is 10.1. The van der Waals surface area contributed by atoms with Crippen molar-refractivity contribution in [2.45, 2.75) is 95.4 Å². The Kier molecular flexibility index (Phi) is 12.3. The molecule has 1 aromatic rings. The van der Waals surface area contributed by atoms with E-state index in [0.29, 0.717) is 57.3 Å². The summed E-state index contributed by atoms with van der Waals surface area (Å²) in [4.78, 5) is 105. The topological polar surface area (TPSA) is 218 Å². The van der Waals surface area contributed by atoms with Gasteiger partial charge >= 0.3 is 5.97 Å². The highest BCUT2D eigenvalue weighted by molar-refractivity contribution is 6.00. The van der Waals surface area contributed by atoms with Gasteiger partial charge in [0.05, 0.1) is 18.5 Å². The number of benzene rings is 1. The number of ether oxygens (including phenoxy) is 1. The zero-order valence-corrected chi connectivity index (χ0v) is 27.8. The molecule has 3 saturated heterocycles. The first kappa shape index (κ1) is 36.7. The summed E-state index contributed by atoms with van der Waals surface area (Å²) in [5.74, 6) is -3.32. The minimum Gasteiger partial charge on any atom is -0.469 e. The molecular formula is C32H43N7O10. The van der Waals surface area contributed by atoms with E-state index in [1.165, 1.54) is 59.9 Å². The molecule has 49 heavy (non-hydrogen) atoms. The summed E-state index contributed by atoms with van der Waals surface area (Å²) in [7, 11) is 1.23. The Hall–Kier alpha value is -5.09. The molecule has 0 radical (unpaired) electrons. The second kappa shape index (κ2) is 16.3. The van der Waals surface area contributed by atoms with Crippen LogP contribution in [0.4, 0.5) is 11.4 Å². The first-order valence-electron chi connectivity index (χ1n) is 16.5. The number of nitrogens with one attached hydrogen (secondary N) is 3. The Morgan fingerprint density at radius 3 is 1.98 bits per heavy atom. The minimum absolute atomic E-state index is 0.0973. The number of carbonyl (C=O) groups is 7. The number of rotatable bonds is 12. The number of non-ortho nitro benzene ring substituents is 1. The SMILES string of the molecule is COC(=O)CCC(=O)N1CCC[C@H]1C(=O)N[C@@H](C)C(=O)N[C@@H](C)C(=O)N1CCC[C@H]1C(=O)N1CCC[C@H]1C(=O)Nc1ccc([N+](=O)[O-])cc1. The van der Waals surface area contributed by atoms with Crippen molar-refractivity contribution >= 4 is 52.8 Å². The van der Waals surface area contributed by atoms with Gasteiger partial charge in [0.1, 0.15) is 30.2 Å². The van der Waals surface area contributed by atoms with Gasteiger partial charge in [0.15, 0.2) is 0 Å². The van der Waals surface area contributed by atoms with Gasteiger partial charge in [0, 0.05) is 43.9 Å². The lowest BCUT2D eigenvalue weighted by Gasteiger charge is -2.32. The molecule has 0 aliphatic carbocycles. The van der Waals surface area contributed by atoms with Crippen LogP contribution < -0.4 is 16.0 Å². The van der Waals surface area contributed by atoms with Crippen molar-refractivity contribution in [2.24, 2.45) is 0 Å². The van der Waals surface area contributed by atoms with Gasteiger partial charge in [0.25, 0.3) is 5.69 Å². The molecule has 0 saturated carbocycles. The van der Waals surface area contributed by atoms with E-state index < -0.39 is 64.7 Å². The molecule has 17 nitrogen and oxygen atoms in total. The van der Waals surface area contributed by atoms with Crippen molar-refractivity contribution < 1.29 is 43.2 Å². The van der Waals surface area contributed by atoms with Crippen molar-refractivity contribution in [1.82, 2.24) is 25.3 Å². The molecule has 1 aromatic carbocycles. The average Bonchev–Trinajstić information content (AvgIpc) is 3.87. The molecule has 3 aliphatic heterocycles. The summed E-state index contributed by atoms with van der Waals surface area (Å²) in [6, 6.07) is 0.922. The maximum absolute atomic E-state index is 13.7. The van der Waals surface area contributed by atoms with Crippen molar-refractivity contribution in [1.29, 1.82) is 0 Å². The molecule has 0 bridgehead atoms. The van der Waals surface area contributed by atoms with Crippen LogP contribution in [0.2, 0.25) is 0 Å². The van der Waals surface area contributed by atoms with E-state index in [9.17, 15) is 43.7 Å². The number of likely N-dealkylation sites (tertiary alicyclic amines) is 3. The smallest absolute Gasteiger partial charge is 0.306 e. The fraction of sp³-hybridized carbons (Fsp3) is 0.594. The molecule has 266 valence electrons. The summed E-state index contributed by atoms with van der Waals surface area (Å²) < 4.78 is 4.57.